The van der Waals surface area contributed by atoms with Crippen molar-refractivity contribution in [3.05, 3.63) is 47.0 Å². The van der Waals surface area contributed by atoms with E-state index < -0.39 is 10.0 Å². The van der Waals surface area contributed by atoms with Gasteiger partial charge in [0.2, 0.25) is 10.0 Å². The Kier molecular flexibility index (Phi) is 4.93. The van der Waals surface area contributed by atoms with Crippen LogP contribution in [-0.2, 0) is 29.5 Å². The van der Waals surface area contributed by atoms with Crippen molar-refractivity contribution in [1.82, 2.24) is 13.9 Å². The third-order valence-corrected chi connectivity index (χ3v) is 5.60. The molecule has 21 heavy (non-hydrogen) atoms. The van der Waals surface area contributed by atoms with Crippen LogP contribution in [0.3, 0.4) is 0 Å². The maximum Gasteiger partial charge on any atom is 0.243 e. The van der Waals surface area contributed by atoms with Crippen LogP contribution in [0, 0.1) is 0 Å². The molecule has 0 N–H and O–H groups in total. The van der Waals surface area contributed by atoms with Crippen molar-refractivity contribution in [3.8, 4) is 0 Å². The quantitative estimate of drug-likeness (QED) is 0.781. The van der Waals surface area contributed by atoms with Crippen LogP contribution in [0.25, 0.3) is 0 Å². The van der Waals surface area contributed by atoms with E-state index in [1.54, 1.807) is 23.0 Å². The topological polar surface area (TPSA) is 55.2 Å². The predicted molar refractivity (Wildman–Crippen MR) is 82.9 cm³/mol. The Labute approximate surface area is 134 Å². The van der Waals surface area contributed by atoms with Crippen LogP contribution in [-0.4, -0.2) is 29.3 Å². The third kappa shape index (κ3) is 3.40. The second-order valence-electron chi connectivity index (χ2n) is 4.60. The van der Waals surface area contributed by atoms with Gasteiger partial charge in [-0.2, -0.15) is 4.31 Å². The molecular formula is C13H15Cl2N3O2S. The van der Waals surface area contributed by atoms with Crippen LogP contribution in [0.4, 0.5) is 0 Å². The zero-order valence-corrected chi connectivity index (χ0v) is 14.0. The van der Waals surface area contributed by atoms with E-state index in [2.05, 4.69) is 4.98 Å². The lowest BCUT2D eigenvalue weighted by molar-refractivity contribution is 0.451. The second-order valence-corrected chi connectivity index (χ2v) is 7.32. The highest BCUT2D eigenvalue weighted by Crippen LogP contribution is 2.24. The zero-order chi connectivity index (χ0) is 15.6. The lowest BCUT2D eigenvalue weighted by Crippen LogP contribution is -2.27. The summed E-state index contributed by atoms with van der Waals surface area (Å²) in [5, 5.41) is 0.344. The molecule has 5 nitrogen and oxygen atoms in total. The molecule has 0 aliphatic rings. The number of alkyl halides is 1. The molecule has 1 aromatic carbocycles. The number of halogens is 2. The van der Waals surface area contributed by atoms with Gasteiger partial charge in [0.1, 0.15) is 5.82 Å². The zero-order valence-electron chi connectivity index (χ0n) is 11.6. The first-order valence-corrected chi connectivity index (χ1v) is 8.48. The van der Waals surface area contributed by atoms with Gasteiger partial charge in [0.25, 0.3) is 0 Å². The molecule has 0 saturated carbocycles. The molecular weight excluding hydrogens is 333 g/mol. The predicted octanol–water partition coefficient (Wildman–Crippen LogP) is 2.63. The van der Waals surface area contributed by atoms with Crippen LogP contribution in [0.1, 0.15) is 11.4 Å². The summed E-state index contributed by atoms with van der Waals surface area (Å²) >= 11 is 11.7. The minimum atomic E-state index is -3.63. The molecule has 0 aliphatic heterocycles. The van der Waals surface area contributed by atoms with Gasteiger partial charge in [-0.15, -0.1) is 11.6 Å². The van der Waals surface area contributed by atoms with E-state index in [-0.39, 0.29) is 17.3 Å². The third-order valence-electron chi connectivity index (χ3n) is 3.16. The molecule has 0 atom stereocenters. The van der Waals surface area contributed by atoms with Crippen LogP contribution in [0.5, 0.6) is 0 Å². The molecule has 0 bridgehead atoms. The molecule has 114 valence electrons. The number of aromatic nitrogens is 2. The van der Waals surface area contributed by atoms with Crippen LogP contribution in [0.2, 0.25) is 5.02 Å². The van der Waals surface area contributed by atoms with E-state index in [4.69, 9.17) is 23.2 Å². The summed E-state index contributed by atoms with van der Waals surface area (Å²) < 4.78 is 28.0. The van der Waals surface area contributed by atoms with Gasteiger partial charge in [-0.3, -0.25) is 0 Å². The molecule has 0 saturated heterocycles. The average Bonchev–Trinajstić information content (AvgIpc) is 2.84. The Hall–Kier alpha value is -1.08. The van der Waals surface area contributed by atoms with Crippen molar-refractivity contribution in [2.24, 2.45) is 7.05 Å². The highest BCUT2D eigenvalue weighted by Gasteiger charge is 2.22. The number of imidazole rings is 1. The first-order chi connectivity index (χ1) is 9.86. The number of benzene rings is 1. The number of aryl methyl sites for hydroxylation is 1. The van der Waals surface area contributed by atoms with Crippen LogP contribution < -0.4 is 0 Å². The van der Waals surface area contributed by atoms with E-state index >= 15 is 0 Å². The molecule has 0 unspecified atom stereocenters. The summed E-state index contributed by atoms with van der Waals surface area (Å²) in [5.41, 5.74) is 0.698. The molecule has 1 aromatic heterocycles. The normalized spacial score (nSPS) is 12.0. The maximum absolute atomic E-state index is 12.5. The van der Waals surface area contributed by atoms with E-state index in [1.165, 1.54) is 23.5 Å². The van der Waals surface area contributed by atoms with Gasteiger partial charge >= 0.3 is 0 Å². The number of hydrogen-bond donors (Lipinski definition) is 0. The Bertz CT molecular complexity index is 744. The molecule has 0 aliphatic carbocycles. The standard InChI is InChI=1S/C13H15Cl2N3O2S/c1-17-6-5-16-13(17)9-18(2)21(19,20)11-4-3-10(8-14)12(15)7-11/h3-7H,8-9H2,1-2H3. The Balaban J connectivity index is 2.29. The minimum Gasteiger partial charge on any atom is -0.337 e. The number of sulfonamides is 1. The molecule has 0 spiro atoms. The van der Waals surface area contributed by atoms with Crippen molar-refractivity contribution in [3.63, 3.8) is 0 Å². The van der Waals surface area contributed by atoms with E-state index in [0.29, 0.717) is 16.4 Å². The van der Waals surface area contributed by atoms with Crippen molar-refractivity contribution < 1.29 is 8.42 Å². The number of rotatable bonds is 5. The van der Waals surface area contributed by atoms with Gasteiger partial charge in [-0.1, -0.05) is 17.7 Å². The minimum absolute atomic E-state index is 0.137. The largest absolute Gasteiger partial charge is 0.337 e. The molecule has 2 rings (SSSR count). The fourth-order valence-electron chi connectivity index (χ4n) is 1.81. The lowest BCUT2D eigenvalue weighted by Gasteiger charge is -2.17. The fraction of sp³-hybridized carbons (Fsp3) is 0.308. The molecule has 2 aromatic rings. The van der Waals surface area contributed by atoms with Crippen molar-refractivity contribution in [2.45, 2.75) is 17.3 Å². The maximum atomic E-state index is 12.5. The molecule has 0 amide bonds. The van der Waals surface area contributed by atoms with Gasteiger partial charge in [0.05, 0.1) is 11.4 Å². The second kappa shape index (κ2) is 6.36. The SMILES string of the molecule is CN(Cc1nccn1C)S(=O)(=O)c1ccc(CCl)c(Cl)c1. The smallest absolute Gasteiger partial charge is 0.243 e. The monoisotopic (exact) mass is 347 g/mol. The summed E-state index contributed by atoms with van der Waals surface area (Å²) in [5.74, 6) is 0.895. The van der Waals surface area contributed by atoms with Crippen molar-refractivity contribution >= 4 is 33.2 Å². The summed E-state index contributed by atoms with van der Waals surface area (Å²) in [6.07, 6.45) is 3.39. The Morgan fingerprint density at radius 1 is 1.38 bits per heavy atom. The van der Waals surface area contributed by atoms with Gasteiger partial charge in [0, 0.05) is 37.4 Å². The first kappa shape index (κ1) is 16.3. The summed E-state index contributed by atoms with van der Waals surface area (Å²) in [4.78, 5) is 4.26. The van der Waals surface area contributed by atoms with Gasteiger partial charge in [-0.05, 0) is 17.7 Å². The summed E-state index contributed by atoms with van der Waals surface area (Å²) in [6, 6.07) is 4.55. The Morgan fingerprint density at radius 3 is 2.62 bits per heavy atom. The fourth-order valence-corrected chi connectivity index (χ4v) is 3.58. The summed E-state index contributed by atoms with van der Waals surface area (Å²) in [7, 11) is -0.305. The summed E-state index contributed by atoms with van der Waals surface area (Å²) in [6.45, 7) is 0.181. The van der Waals surface area contributed by atoms with E-state index in [1.807, 2.05) is 7.05 Å². The van der Waals surface area contributed by atoms with E-state index in [9.17, 15) is 8.42 Å². The van der Waals surface area contributed by atoms with Gasteiger partial charge in [-0.25, -0.2) is 13.4 Å². The molecule has 1 heterocycles. The highest BCUT2D eigenvalue weighted by atomic mass is 35.5. The van der Waals surface area contributed by atoms with Crippen LogP contribution in [0.15, 0.2) is 35.5 Å². The molecule has 8 heteroatoms. The van der Waals surface area contributed by atoms with Crippen molar-refractivity contribution in [1.29, 1.82) is 0 Å². The molecule has 0 radical (unpaired) electrons. The number of hydrogen-bond acceptors (Lipinski definition) is 3. The number of nitrogens with zero attached hydrogens (tertiary/aromatic N) is 3. The average molecular weight is 348 g/mol. The van der Waals surface area contributed by atoms with Gasteiger partial charge < -0.3 is 4.57 Å². The first-order valence-electron chi connectivity index (χ1n) is 6.13. The van der Waals surface area contributed by atoms with Gasteiger partial charge in [0.15, 0.2) is 0 Å². The lowest BCUT2D eigenvalue weighted by atomic mass is 10.2. The Morgan fingerprint density at radius 2 is 2.10 bits per heavy atom. The van der Waals surface area contributed by atoms with Crippen LogP contribution >= 0.6 is 23.2 Å². The van der Waals surface area contributed by atoms with Crippen molar-refractivity contribution in [2.75, 3.05) is 7.05 Å². The highest BCUT2D eigenvalue weighted by molar-refractivity contribution is 7.89. The molecule has 0 fully saturated rings. The van der Waals surface area contributed by atoms with E-state index in [0.717, 1.165) is 0 Å².